The van der Waals surface area contributed by atoms with Crippen molar-refractivity contribution in [3.8, 4) is 5.75 Å². The molecule has 3 heteroatoms. The topological polar surface area (TPSA) is 26.3 Å². The van der Waals surface area contributed by atoms with Crippen LogP contribution in [-0.2, 0) is 4.79 Å². The minimum absolute atomic E-state index is 0.295. The van der Waals surface area contributed by atoms with E-state index in [0.29, 0.717) is 24.9 Å². The molecule has 0 saturated carbocycles. The van der Waals surface area contributed by atoms with Crippen molar-refractivity contribution < 1.29 is 9.53 Å². The molecule has 0 radical (unpaired) electrons. The molecule has 2 nitrogen and oxygen atoms in total. The molecule has 80 valence electrons. The summed E-state index contributed by atoms with van der Waals surface area (Å²) in [6, 6.07) is 5.98. The largest absolute Gasteiger partial charge is 0.493 e. The smallest absolute Gasteiger partial charge is 0.122 e. The van der Waals surface area contributed by atoms with Gasteiger partial charge in [0, 0.05) is 10.9 Å². The lowest BCUT2D eigenvalue weighted by atomic mass is 9.83. The van der Waals surface area contributed by atoms with Crippen LogP contribution >= 0.6 is 15.9 Å². The van der Waals surface area contributed by atoms with E-state index in [0.717, 1.165) is 22.1 Å². The van der Waals surface area contributed by atoms with Crippen molar-refractivity contribution in [3.05, 3.63) is 28.2 Å². The molecule has 0 N–H and O–H groups in total. The Morgan fingerprint density at radius 3 is 3.13 bits per heavy atom. The van der Waals surface area contributed by atoms with Gasteiger partial charge in [-0.15, -0.1) is 0 Å². The lowest BCUT2D eigenvalue weighted by molar-refractivity contribution is -0.108. The normalized spacial score (nSPS) is 24.1. The Balaban J connectivity index is 2.40. The van der Waals surface area contributed by atoms with Crippen LogP contribution in [0.15, 0.2) is 22.7 Å². The summed E-state index contributed by atoms with van der Waals surface area (Å²) in [6.45, 7) is 2.82. The number of rotatable bonds is 2. The second-order valence-electron chi connectivity index (χ2n) is 3.98. The summed E-state index contributed by atoms with van der Waals surface area (Å²) in [7, 11) is 0. The molecule has 1 aromatic rings. The molecule has 2 atom stereocenters. The molecule has 1 aliphatic rings. The highest BCUT2D eigenvalue weighted by atomic mass is 79.9. The molecule has 0 bridgehead atoms. The van der Waals surface area contributed by atoms with E-state index >= 15 is 0 Å². The van der Waals surface area contributed by atoms with E-state index in [1.54, 1.807) is 0 Å². The molecular weight excluding hydrogens is 256 g/mol. The van der Waals surface area contributed by atoms with Crippen LogP contribution in [-0.4, -0.2) is 12.9 Å². The third kappa shape index (κ3) is 2.07. The maximum atomic E-state index is 10.7. The number of fused-ring (bicyclic) bond motifs is 1. The second-order valence-corrected chi connectivity index (χ2v) is 4.89. The van der Waals surface area contributed by atoms with E-state index in [1.165, 1.54) is 0 Å². The number of hydrogen-bond acceptors (Lipinski definition) is 2. The summed E-state index contributed by atoms with van der Waals surface area (Å²) in [6.07, 6.45) is 1.57. The van der Waals surface area contributed by atoms with Gasteiger partial charge in [-0.05, 0) is 35.6 Å². The summed E-state index contributed by atoms with van der Waals surface area (Å²) in [5.41, 5.74) is 1.15. The number of aldehydes is 1. The van der Waals surface area contributed by atoms with Crippen LogP contribution in [0.2, 0.25) is 0 Å². The zero-order valence-corrected chi connectivity index (χ0v) is 10.2. The van der Waals surface area contributed by atoms with Crippen LogP contribution in [0.1, 0.15) is 24.8 Å². The predicted molar refractivity (Wildman–Crippen MR) is 62.2 cm³/mol. The molecule has 0 unspecified atom stereocenters. The van der Waals surface area contributed by atoms with Crippen molar-refractivity contribution in [2.75, 3.05) is 6.61 Å². The number of halogens is 1. The zero-order valence-electron chi connectivity index (χ0n) is 8.57. The van der Waals surface area contributed by atoms with Crippen LogP contribution in [0, 0.1) is 5.92 Å². The van der Waals surface area contributed by atoms with E-state index in [1.807, 2.05) is 12.1 Å². The summed E-state index contributed by atoms with van der Waals surface area (Å²) in [5, 5.41) is 0. The summed E-state index contributed by atoms with van der Waals surface area (Å²) < 4.78 is 6.67. The summed E-state index contributed by atoms with van der Waals surface area (Å²) >= 11 is 3.45. The quantitative estimate of drug-likeness (QED) is 0.771. The maximum Gasteiger partial charge on any atom is 0.122 e. The number of hydrogen-bond donors (Lipinski definition) is 0. The van der Waals surface area contributed by atoms with Gasteiger partial charge in [0.25, 0.3) is 0 Å². The third-order valence-corrected chi connectivity index (χ3v) is 3.40. The monoisotopic (exact) mass is 268 g/mol. The van der Waals surface area contributed by atoms with Crippen LogP contribution in [0.5, 0.6) is 5.75 Å². The Morgan fingerprint density at radius 1 is 1.60 bits per heavy atom. The molecule has 1 aliphatic heterocycles. The lowest BCUT2D eigenvalue weighted by Crippen LogP contribution is -2.24. The Kier molecular flexibility index (Phi) is 3.10. The van der Waals surface area contributed by atoms with Gasteiger partial charge in [-0.2, -0.15) is 0 Å². The molecule has 0 aromatic heterocycles. The van der Waals surface area contributed by atoms with Crippen molar-refractivity contribution in [2.45, 2.75) is 19.3 Å². The molecule has 2 rings (SSSR count). The first-order valence-corrected chi connectivity index (χ1v) is 5.87. The average molecular weight is 269 g/mol. The van der Waals surface area contributed by atoms with Gasteiger partial charge in [-0.25, -0.2) is 0 Å². The lowest BCUT2D eigenvalue weighted by Gasteiger charge is -2.30. The SMILES string of the molecule is C[C@H]1COc2ccc(Br)cc2[C@H]1CC=O. The molecule has 0 amide bonds. The fraction of sp³-hybridized carbons (Fsp3) is 0.417. The van der Waals surface area contributed by atoms with E-state index < -0.39 is 0 Å². The zero-order chi connectivity index (χ0) is 10.8. The minimum Gasteiger partial charge on any atom is -0.493 e. The van der Waals surface area contributed by atoms with Crippen LogP contribution in [0.3, 0.4) is 0 Å². The van der Waals surface area contributed by atoms with Crippen molar-refractivity contribution in [3.63, 3.8) is 0 Å². The second kappa shape index (κ2) is 4.35. The Bertz CT molecular complexity index is 376. The highest BCUT2D eigenvalue weighted by molar-refractivity contribution is 9.10. The number of carbonyl (C=O) groups is 1. The molecular formula is C12H13BrO2. The number of carbonyl (C=O) groups excluding carboxylic acids is 1. The van der Waals surface area contributed by atoms with E-state index in [4.69, 9.17) is 4.74 Å². The van der Waals surface area contributed by atoms with E-state index in [9.17, 15) is 4.79 Å². The van der Waals surface area contributed by atoms with E-state index in [-0.39, 0.29) is 0 Å². The molecule has 15 heavy (non-hydrogen) atoms. The van der Waals surface area contributed by atoms with Gasteiger partial charge < -0.3 is 9.53 Å². The van der Waals surface area contributed by atoms with Crippen molar-refractivity contribution in [1.29, 1.82) is 0 Å². The first-order valence-electron chi connectivity index (χ1n) is 5.08. The Labute approximate surface area is 97.8 Å². The minimum atomic E-state index is 0.295. The third-order valence-electron chi connectivity index (χ3n) is 2.91. The maximum absolute atomic E-state index is 10.7. The molecule has 0 spiro atoms. The van der Waals surface area contributed by atoms with Gasteiger partial charge in [0.05, 0.1) is 6.61 Å². The van der Waals surface area contributed by atoms with Gasteiger partial charge in [-0.1, -0.05) is 22.9 Å². The Hall–Kier alpha value is -0.830. The van der Waals surface area contributed by atoms with Gasteiger partial charge >= 0.3 is 0 Å². The molecule has 1 heterocycles. The standard InChI is InChI=1S/C12H13BrO2/c1-8-7-15-12-3-2-9(13)6-11(12)10(8)4-5-14/h2-3,5-6,8,10H,4,7H2,1H3/t8-,10-/m0/s1. The van der Waals surface area contributed by atoms with Crippen LogP contribution in [0.25, 0.3) is 0 Å². The number of ether oxygens (including phenoxy) is 1. The summed E-state index contributed by atoms with van der Waals surface area (Å²) in [5.74, 6) is 1.61. The number of benzene rings is 1. The Morgan fingerprint density at radius 2 is 2.40 bits per heavy atom. The molecule has 1 aromatic carbocycles. The highest BCUT2D eigenvalue weighted by Crippen LogP contribution is 2.39. The first kappa shape index (κ1) is 10.7. The van der Waals surface area contributed by atoms with Crippen molar-refractivity contribution in [2.24, 2.45) is 5.92 Å². The highest BCUT2D eigenvalue weighted by Gasteiger charge is 2.27. The summed E-state index contributed by atoms with van der Waals surface area (Å²) in [4.78, 5) is 10.7. The fourth-order valence-corrected chi connectivity index (χ4v) is 2.43. The van der Waals surface area contributed by atoms with Crippen molar-refractivity contribution >= 4 is 22.2 Å². The predicted octanol–water partition coefficient (Wildman–Crippen LogP) is 3.15. The van der Waals surface area contributed by atoms with Crippen LogP contribution in [0.4, 0.5) is 0 Å². The van der Waals surface area contributed by atoms with Gasteiger partial charge in [0.15, 0.2) is 0 Å². The molecule has 0 fully saturated rings. The first-order chi connectivity index (χ1) is 7.22. The van der Waals surface area contributed by atoms with Gasteiger partial charge in [-0.3, -0.25) is 0 Å². The van der Waals surface area contributed by atoms with E-state index in [2.05, 4.69) is 28.9 Å². The fourth-order valence-electron chi connectivity index (χ4n) is 2.05. The van der Waals surface area contributed by atoms with Gasteiger partial charge in [0.1, 0.15) is 12.0 Å². The average Bonchev–Trinajstić information content (AvgIpc) is 2.23. The van der Waals surface area contributed by atoms with Crippen molar-refractivity contribution in [1.82, 2.24) is 0 Å². The van der Waals surface area contributed by atoms with Gasteiger partial charge in [0.2, 0.25) is 0 Å². The van der Waals surface area contributed by atoms with Crippen LogP contribution < -0.4 is 4.74 Å². The molecule has 0 saturated heterocycles. The molecule has 0 aliphatic carbocycles.